The number of nitrogens with zero attached hydrogens (tertiary/aromatic N) is 3. The molecule has 0 bridgehead atoms. The van der Waals surface area contributed by atoms with E-state index >= 15 is 0 Å². The van der Waals surface area contributed by atoms with Crippen LogP contribution in [-0.2, 0) is 11.2 Å². The SMILES string of the molecule is COc1cccc(CC(=O)N2C[C@@H](NC(=O)c3ccccc3)C[C@H]2c2n[nH]c(C)n2)c1. The third-order valence-corrected chi connectivity index (χ3v) is 5.39. The first-order valence-corrected chi connectivity index (χ1v) is 10.2. The van der Waals surface area contributed by atoms with Gasteiger partial charge < -0.3 is 15.0 Å². The number of hydrogen-bond acceptors (Lipinski definition) is 5. The molecule has 0 spiro atoms. The number of carbonyl (C=O) groups is 2. The molecule has 8 heteroatoms. The number of carbonyl (C=O) groups excluding carboxylic acids is 2. The van der Waals surface area contributed by atoms with Crippen LogP contribution < -0.4 is 10.1 Å². The van der Waals surface area contributed by atoms with Crippen LogP contribution in [0.15, 0.2) is 54.6 Å². The van der Waals surface area contributed by atoms with Gasteiger partial charge in [0, 0.05) is 18.2 Å². The van der Waals surface area contributed by atoms with Crippen molar-refractivity contribution in [2.75, 3.05) is 13.7 Å². The van der Waals surface area contributed by atoms with Gasteiger partial charge in [0.2, 0.25) is 5.91 Å². The number of benzene rings is 2. The van der Waals surface area contributed by atoms with Crippen molar-refractivity contribution in [2.45, 2.75) is 31.8 Å². The fraction of sp³-hybridized carbons (Fsp3) is 0.304. The Morgan fingerprint density at radius 2 is 2.00 bits per heavy atom. The number of aromatic amines is 1. The minimum Gasteiger partial charge on any atom is -0.497 e. The first-order valence-electron chi connectivity index (χ1n) is 10.2. The number of hydrogen-bond donors (Lipinski definition) is 2. The highest BCUT2D eigenvalue weighted by atomic mass is 16.5. The van der Waals surface area contributed by atoms with E-state index in [-0.39, 0.29) is 30.3 Å². The van der Waals surface area contributed by atoms with Gasteiger partial charge in [-0.1, -0.05) is 30.3 Å². The summed E-state index contributed by atoms with van der Waals surface area (Å²) in [4.78, 5) is 32.0. The lowest BCUT2D eigenvalue weighted by atomic mass is 10.1. The van der Waals surface area contributed by atoms with Crippen LogP contribution >= 0.6 is 0 Å². The fourth-order valence-corrected chi connectivity index (χ4v) is 3.89. The molecule has 0 radical (unpaired) electrons. The number of ether oxygens (including phenoxy) is 1. The molecule has 2 amide bonds. The van der Waals surface area contributed by atoms with Gasteiger partial charge in [0.1, 0.15) is 11.6 Å². The number of likely N-dealkylation sites (tertiary alicyclic amines) is 1. The van der Waals surface area contributed by atoms with E-state index in [4.69, 9.17) is 4.74 Å². The van der Waals surface area contributed by atoms with Gasteiger partial charge >= 0.3 is 0 Å². The summed E-state index contributed by atoms with van der Waals surface area (Å²) in [5.41, 5.74) is 1.46. The summed E-state index contributed by atoms with van der Waals surface area (Å²) in [6.07, 6.45) is 0.788. The number of aromatic nitrogens is 3. The Kier molecular flexibility index (Phi) is 5.97. The van der Waals surface area contributed by atoms with Crippen LogP contribution in [0, 0.1) is 6.92 Å². The molecular formula is C23H25N5O3. The number of methoxy groups -OCH3 is 1. The van der Waals surface area contributed by atoms with E-state index in [9.17, 15) is 9.59 Å². The zero-order valence-electron chi connectivity index (χ0n) is 17.5. The molecule has 1 saturated heterocycles. The number of nitrogens with one attached hydrogen (secondary N) is 2. The molecule has 3 aromatic rings. The molecule has 0 unspecified atom stereocenters. The molecule has 2 aromatic carbocycles. The molecule has 2 heterocycles. The summed E-state index contributed by atoms with van der Waals surface area (Å²) >= 11 is 0. The van der Waals surface area contributed by atoms with E-state index in [0.717, 1.165) is 5.56 Å². The van der Waals surface area contributed by atoms with Crippen LogP contribution in [-0.4, -0.2) is 51.6 Å². The molecule has 1 fully saturated rings. The summed E-state index contributed by atoms with van der Waals surface area (Å²) < 4.78 is 5.26. The van der Waals surface area contributed by atoms with Gasteiger partial charge in [-0.3, -0.25) is 14.7 Å². The average Bonchev–Trinajstić information content (AvgIpc) is 3.40. The van der Waals surface area contributed by atoms with Crippen molar-refractivity contribution in [3.63, 3.8) is 0 Å². The lowest BCUT2D eigenvalue weighted by Gasteiger charge is -2.22. The maximum absolute atomic E-state index is 13.2. The van der Waals surface area contributed by atoms with Gasteiger partial charge in [-0.05, 0) is 43.2 Å². The zero-order valence-corrected chi connectivity index (χ0v) is 17.5. The topological polar surface area (TPSA) is 100 Å². The lowest BCUT2D eigenvalue weighted by molar-refractivity contribution is -0.131. The second-order valence-corrected chi connectivity index (χ2v) is 7.64. The van der Waals surface area contributed by atoms with Crippen LogP contribution in [0.5, 0.6) is 5.75 Å². The highest BCUT2D eigenvalue weighted by Gasteiger charge is 2.39. The third kappa shape index (κ3) is 4.74. The highest BCUT2D eigenvalue weighted by molar-refractivity contribution is 5.94. The Morgan fingerprint density at radius 3 is 2.71 bits per heavy atom. The van der Waals surface area contributed by atoms with Crippen molar-refractivity contribution < 1.29 is 14.3 Å². The van der Waals surface area contributed by atoms with Crippen LogP contribution in [0.4, 0.5) is 0 Å². The van der Waals surface area contributed by atoms with Crippen LogP contribution in [0.25, 0.3) is 0 Å². The summed E-state index contributed by atoms with van der Waals surface area (Å²) in [6, 6.07) is 16.0. The first kappa shape index (κ1) is 20.6. The normalized spacial score (nSPS) is 18.1. The fourth-order valence-electron chi connectivity index (χ4n) is 3.89. The minimum atomic E-state index is -0.302. The van der Waals surface area contributed by atoms with Crippen molar-refractivity contribution >= 4 is 11.8 Å². The van der Waals surface area contributed by atoms with Crippen LogP contribution in [0.3, 0.4) is 0 Å². The number of H-pyrrole nitrogens is 1. The van der Waals surface area contributed by atoms with Crippen molar-refractivity contribution in [1.29, 1.82) is 0 Å². The van der Waals surface area contributed by atoms with Crippen LogP contribution in [0.1, 0.15) is 40.0 Å². The summed E-state index contributed by atoms with van der Waals surface area (Å²) in [7, 11) is 1.60. The van der Waals surface area contributed by atoms with Crippen molar-refractivity contribution in [1.82, 2.24) is 25.4 Å². The van der Waals surface area contributed by atoms with Gasteiger partial charge in [0.05, 0.1) is 19.6 Å². The largest absolute Gasteiger partial charge is 0.497 e. The lowest BCUT2D eigenvalue weighted by Crippen LogP contribution is -2.39. The van der Waals surface area contributed by atoms with Gasteiger partial charge in [-0.25, -0.2) is 4.98 Å². The predicted octanol–water partition coefficient (Wildman–Crippen LogP) is 2.44. The molecule has 1 aromatic heterocycles. The summed E-state index contributed by atoms with van der Waals surface area (Å²) in [5, 5.41) is 10.2. The zero-order chi connectivity index (χ0) is 21.8. The van der Waals surface area contributed by atoms with Gasteiger partial charge in [0.15, 0.2) is 5.82 Å². The first-order chi connectivity index (χ1) is 15.0. The second-order valence-electron chi connectivity index (χ2n) is 7.64. The van der Waals surface area contributed by atoms with E-state index in [1.165, 1.54) is 0 Å². The smallest absolute Gasteiger partial charge is 0.251 e. The number of amides is 2. The summed E-state index contributed by atoms with van der Waals surface area (Å²) in [5.74, 6) is 1.76. The molecular weight excluding hydrogens is 394 g/mol. The molecule has 4 rings (SSSR count). The standard InChI is InChI=1S/C23H25N5O3/c1-15-24-22(27-26-15)20-13-18(25-23(30)17-8-4-3-5-9-17)14-28(20)21(29)12-16-7-6-10-19(11-16)31-2/h3-11,18,20H,12-14H2,1-2H3,(H,25,30)(H,24,26,27)/t18-,20-/m0/s1. The Hall–Kier alpha value is -3.68. The number of rotatable bonds is 6. The molecule has 0 aliphatic carbocycles. The molecule has 160 valence electrons. The molecule has 1 aliphatic rings. The monoisotopic (exact) mass is 419 g/mol. The van der Waals surface area contributed by atoms with E-state index in [1.54, 1.807) is 24.1 Å². The van der Waals surface area contributed by atoms with Crippen molar-refractivity contribution in [2.24, 2.45) is 0 Å². The maximum Gasteiger partial charge on any atom is 0.251 e. The minimum absolute atomic E-state index is 0.0443. The second kappa shape index (κ2) is 8.99. The Balaban J connectivity index is 1.51. The Labute approximate surface area is 180 Å². The van der Waals surface area contributed by atoms with Crippen LogP contribution in [0.2, 0.25) is 0 Å². The van der Waals surface area contributed by atoms with E-state index < -0.39 is 0 Å². The maximum atomic E-state index is 13.2. The quantitative estimate of drug-likeness (QED) is 0.639. The van der Waals surface area contributed by atoms with Gasteiger partial charge in [-0.15, -0.1) is 0 Å². The highest BCUT2D eigenvalue weighted by Crippen LogP contribution is 2.31. The van der Waals surface area contributed by atoms with E-state index in [2.05, 4.69) is 20.5 Å². The van der Waals surface area contributed by atoms with E-state index in [0.29, 0.717) is 35.9 Å². The van der Waals surface area contributed by atoms with E-state index in [1.807, 2.05) is 49.4 Å². The molecule has 0 saturated carbocycles. The Bertz CT molecular complexity index is 1070. The predicted molar refractivity (Wildman–Crippen MR) is 115 cm³/mol. The molecule has 1 aliphatic heterocycles. The van der Waals surface area contributed by atoms with Gasteiger partial charge in [0.25, 0.3) is 5.91 Å². The van der Waals surface area contributed by atoms with Crippen molar-refractivity contribution in [3.05, 3.63) is 77.4 Å². The molecule has 2 atom stereocenters. The van der Waals surface area contributed by atoms with Crippen molar-refractivity contribution in [3.8, 4) is 5.75 Å². The molecule has 31 heavy (non-hydrogen) atoms. The molecule has 8 nitrogen and oxygen atoms in total. The third-order valence-electron chi connectivity index (χ3n) is 5.39. The van der Waals surface area contributed by atoms with Gasteiger partial charge in [-0.2, -0.15) is 5.10 Å². The average molecular weight is 419 g/mol. The Morgan fingerprint density at radius 1 is 1.19 bits per heavy atom. The number of aryl methyl sites for hydroxylation is 1. The molecule has 2 N–H and O–H groups in total. The summed E-state index contributed by atoms with van der Waals surface area (Å²) in [6.45, 7) is 2.22.